The Kier molecular flexibility index (Phi) is 4.90. The third-order valence-corrected chi connectivity index (χ3v) is 4.07. The van der Waals surface area contributed by atoms with Crippen molar-refractivity contribution in [1.82, 2.24) is 5.43 Å². The second-order valence-corrected chi connectivity index (χ2v) is 5.52. The van der Waals surface area contributed by atoms with Gasteiger partial charge in [0.05, 0.1) is 24.3 Å². The molecule has 2 unspecified atom stereocenters. The summed E-state index contributed by atoms with van der Waals surface area (Å²) in [4.78, 5) is 0. The van der Waals surface area contributed by atoms with Gasteiger partial charge in [0.1, 0.15) is 5.82 Å². The predicted molar refractivity (Wildman–Crippen MR) is 68.5 cm³/mol. The van der Waals surface area contributed by atoms with Crippen LogP contribution in [0.1, 0.15) is 17.2 Å². The molecule has 0 spiro atoms. The van der Waals surface area contributed by atoms with E-state index in [1.807, 2.05) is 0 Å². The van der Waals surface area contributed by atoms with Crippen molar-refractivity contribution in [2.75, 3.05) is 18.1 Å². The normalized spacial score (nSPS) is 21.8. The summed E-state index contributed by atoms with van der Waals surface area (Å²) in [6.45, 7) is 0.515. The molecule has 2 atom stereocenters. The van der Waals surface area contributed by atoms with Crippen molar-refractivity contribution in [3.63, 3.8) is 0 Å². The summed E-state index contributed by atoms with van der Waals surface area (Å²) in [5.74, 6) is 5.58. The molecular formula is C12H14F4N2OS. The molecule has 3 N–H and O–H groups in total. The van der Waals surface area contributed by atoms with E-state index in [1.54, 1.807) is 11.8 Å². The van der Waals surface area contributed by atoms with E-state index in [2.05, 4.69) is 5.43 Å². The molecule has 0 amide bonds. The predicted octanol–water partition coefficient (Wildman–Crippen LogP) is 2.48. The molecule has 0 aromatic heterocycles. The fourth-order valence-electron chi connectivity index (χ4n) is 2.07. The third kappa shape index (κ3) is 3.43. The smallest absolute Gasteiger partial charge is 0.374 e. The molecule has 0 bridgehead atoms. The number of nitrogens with one attached hydrogen (secondary N) is 1. The number of hydrogen-bond donors (Lipinski definition) is 2. The van der Waals surface area contributed by atoms with E-state index in [0.29, 0.717) is 12.4 Å². The number of halogens is 4. The largest absolute Gasteiger partial charge is 0.419 e. The van der Waals surface area contributed by atoms with Gasteiger partial charge in [-0.3, -0.25) is 11.3 Å². The van der Waals surface area contributed by atoms with Crippen LogP contribution in [0, 0.1) is 5.82 Å². The lowest BCUT2D eigenvalue weighted by atomic mass is 10.00. The van der Waals surface area contributed by atoms with E-state index in [0.717, 1.165) is 17.9 Å². The molecule has 2 rings (SSSR count). The fourth-order valence-corrected chi connectivity index (χ4v) is 2.97. The SMILES string of the molecule is NNC(c1ccc(F)c(C(F)(F)F)c1)C1CSCCO1. The summed E-state index contributed by atoms with van der Waals surface area (Å²) in [5, 5.41) is 0. The molecule has 1 aliphatic rings. The molecule has 0 radical (unpaired) electrons. The number of ether oxygens (including phenoxy) is 1. The lowest BCUT2D eigenvalue weighted by Gasteiger charge is -2.30. The number of rotatable bonds is 3. The first-order valence-corrected chi connectivity index (χ1v) is 7.11. The van der Waals surface area contributed by atoms with Gasteiger partial charge in [0.2, 0.25) is 0 Å². The quantitative estimate of drug-likeness (QED) is 0.511. The summed E-state index contributed by atoms with van der Waals surface area (Å²) in [6, 6.07) is 2.27. The molecule has 1 saturated heterocycles. The molecule has 112 valence electrons. The molecule has 3 nitrogen and oxygen atoms in total. The Balaban J connectivity index is 2.30. The molecule has 20 heavy (non-hydrogen) atoms. The summed E-state index contributed by atoms with van der Waals surface area (Å²) >= 11 is 1.64. The van der Waals surface area contributed by atoms with Gasteiger partial charge in [0, 0.05) is 11.5 Å². The van der Waals surface area contributed by atoms with Crippen LogP contribution in [0.25, 0.3) is 0 Å². The number of thioether (sulfide) groups is 1. The van der Waals surface area contributed by atoms with E-state index >= 15 is 0 Å². The van der Waals surface area contributed by atoms with E-state index in [1.165, 1.54) is 6.07 Å². The minimum atomic E-state index is -4.73. The van der Waals surface area contributed by atoms with Crippen molar-refractivity contribution < 1.29 is 22.3 Å². The molecule has 1 fully saturated rings. The van der Waals surface area contributed by atoms with Crippen LogP contribution in [0.2, 0.25) is 0 Å². The van der Waals surface area contributed by atoms with Crippen LogP contribution in [0.4, 0.5) is 17.6 Å². The molecular weight excluding hydrogens is 296 g/mol. The Morgan fingerprint density at radius 2 is 2.15 bits per heavy atom. The van der Waals surface area contributed by atoms with Gasteiger partial charge >= 0.3 is 6.18 Å². The van der Waals surface area contributed by atoms with Gasteiger partial charge < -0.3 is 4.74 Å². The zero-order chi connectivity index (χ0) is 14.8. The first-order valence-electron chi connectivity index (χ1n) is 5.95. The Bertz CT molecular complexity index is 463. The van der Waals surface area contributed by atoms with E-state index in [-0.39, 0.29) is 11.7 Å². The van der Waals surface area contributed by atoms with E-state index < -0.39 is 23.6 Å². The maximum absolute atomic E-state index is 13.3. The highest BCUT2D eigenvalue weighted by Crippen LogP contribution is 2.34. The van der Waals surface area contributed by atoms with Crippen LogP contribution < -0.4 is 11.3 Å². The zero-order valence-electron chi connectivity index (χ0n) is 10.4. The maximum Gasteiger partial charge on any atom is 0.419 e. The molecule has 1 aliphatic heterocycles. The Hall–Kier alpha value is -0.830. The summed E-state index contributed by atoms with van der Waals surface area (Å²) in [6.07, 6.45) is -5.08. The number of alkyl halides is 3. The Morgan fingerprint density at radius 1 is 1.40 bits per heavy atom. The molecule has 0 aliphatic carbocycles. The molecule has 1 aromatic rings. The summed E-state index contributed by atoms with van der Waals surface area (Å²) in [5.41, 5.74) is 1.42. The monoisotopic (exact) mass is 310 g/mol. The molecule has 8 heteroatoms. The maximum atomic E-state index is 13.3. The van der Waals surface area contributed by atoms with Gasteiger partial charge in [-0.2, -0.15) is 24.9 Å². The third-order valence-electron chi connectivity index (χ3n) is 3.05. The number of nitrogens with two attached hydrogens (primary N) is 1. The van der Waals surface area contributed by atoms with Crippen LogP contribution in [0.5, 0.6) is 0 Å². The molecule has 1 aromatic carbocycles. The van der Waals surface area contributed by atoms with Gasteiger partial charge in [-0.25, -0.2) is 4.39 Å². The first kappa shape index (κ1) is 15.6. The topological polar surface area (TPSA) is 47.3 Å². The van der Waals surface area contributed by atoms with Crippen molar-refractivity contribution in [2.45, 2.75) is 18.3 Å². The second kappa shape index (κ2) is 6.30. The van der Waals surface area contributed by atoms with Gasteiger partial charge in [-0.05, 0) is 17.7 Å². The minimum absolute atomic E-state index is 0.258. The lowest BCUT2D eigenvalue weighted by molar-refractivity contribution is -0.140. The number of benzene rings is 1. The average molecular weight is 310 g/mol. The highest BCUT2D eigenvalue weighted by atomic mass is 32.2. The number of hydrogen-bond acceptors (Lipinski definition) is 4. The van der Waals surface area contributed by atoms with Crippen LogP contribution in [-0.4, -0.2) is 24.2 Å². The highest BCUT2D eigenvalue weighted by Gasteiger charge is 2.35. The highest BCUT2D eigenvalue weighted by molar-refractivity contribution is 7.99. The summed E-state index contributed by atoms with van der Waals surface area (Å²) in [7, 11) is 0. The van der Waals surface area contributed by atoms with Crippen molar-refractivity contribution >= 4 is 11.8 Å². The minimum Gasteiger partial charge on any atom is -0.374 e. The van der Waals surface area contributed by atoms with Gasteiger partial charge in [0.25, 0.3) is 0 Å². The lowest BCUT2D eigenvalue weighted by Crippen LogP contribution is -2.41. The van der Waals surface area contributed by atoms with Gasteiger partial charge in [0.15, 0.2) is 0 Å². The Morgan fingerprint density at radius 3 is 2.70 bits per heavy atom. The van der Waals surface area contributed by atoms with Crippen molar-refractivity contribution in [3.05, 3.63) is 35.1 Å². The van der Waals surface area contributed by atoms with Crippen molar-refractivity contribution in [3.8, 4) is 0 Å². The van der Waals surface area contributed by atoms with Gasteiger partial charge in [-0.1, -0.05) is 6.07 Å². The van der Waals surface area contributed by atoms with Crippen LogP contribution in [0.3, 0.4) is 0 Å². The van der Waals surface area contributed by atoms with Crippen LogP contribution in [-0.2, 0) is 10.9 Å². The average Bonchev–Trinajstić information content (AvgIpc) is 2.41. The van der Waals surface area contributed by atoms with Crippen LogP contribution >= 0.6 is 11.8 Å². The fraction of sp³-hybridized carbons (Fsp3) is 0.500. The van der Waals surface area contributed by atoms with E-state index in [9.17, 15) is 17.6 Å². The Labute approximate surface area is 117 Å². The number of hydrazine groups is 1. The first-order chi connectivity index (χ1) is 9.43. The standard InChI is InChI=1S/C12H14F4N2OS/c13-9-2-1-7(5-8(9)12(14,15)16)11(18-17)10-6-20-4-3-19-10/h1-2,5,10-11,18H,3-4,6,17H2. The zero-order valence-corrected chi connectivity index (χ0v) is 11.2. The van der Waals surface area contributed by atoms with Crippen LogP contribution in [0.15, 0.2) is 18.2 Å². The van der Waals surface area contributed by atoms with Crippen molar-refractivity contribution in [2.24, 2.45) is 5.84 Å². The van der Waals surface area contributed by atoms with E-state index in [4.69, 9.17) is 10.6 Å². The molecule has 1 heterocycles. The van der Waals surface area contributed by atoms with Gasteiger partial charge in [-0.15, -0.1) is 0 Å². The summed E-state index contributed by atoms with van der Waals surface area (Å²) < 4.78 is 56.9. The second-order valence-electron chi connectivity index (χ2n) is 4.37. The molecule has 0 saturated carbocycles. The van der Waals surface area contributed by atoms with Crippen molar-refractivity contribution in [1.29, 1.82) is 0 Å².